The minimum Gasteiger partial charge on any atom is -0.331 e. The van der Waals surface area contributed by atoms with Gasteiger partial charge in [0.1, 0.15) is 6.04 Å². The van der Waals surface area contributed by atoms with E-state index in [0.717, 1.165) is 50.4 Å². The van der Waals surface area contributed by atoms with E-state index in [9.17, 15) is 9.59 Å². The third-order valence-corrected chi connectivity index (χ3v) is 6.57. The van der Waals surface area contributed by atoms with E-state index < -0.39 is 0 Å². The van der Waals surface area contributed by atoms with E-state index in [0.29, 0.717) is 12.3 Å². The van der Waals surface area contributed by atoms with Crippen LogP contribution in [0, 0.1) is 0 Å². The van der Waals surface area contributed by atoms with Crippen LogP contribution in [0.5, 0.6) is 0 Å². The summed E-state index contributed by atoms with van der Waals surface area (Å²) >= 11 is 1.80. The monoisotopic (exact) mass is 344 g/mol. The molecule has 0 aromatic heterocycles. The first-order valence-corrected chi connectivity index (χ1v) is 10.1. The number of thioether (sulfide) groups is 1. The molecule has 0 N–H and O–H groups in total. The lowest BCUT2D eigenvalue weighted by Crippen LogP contribution is -2.47. The summed E-state index contributed by atoms with van der Waals surface area (Å²) in [7, 11) is 0. The largest absolute Gasteiger partial charge is 0.331 e. The molecule has 24 heavy (non-hydrogen) atoms. The molecule has 0 radical (unpaired) electrons. The van der Waals surface area contributed by atoms with Crippen molar-refractivity contribution in [2.24, 2.45) is 0 Å². The number of amides is 2. The van der Waals surface area contributed by atoms with Crippen molar-refractivity contribution in [2.45, 2.75) is 44.1 Å². The molecule has 0 saturated carbocycles. The maximum Gasteiger partial charge on any atom is 0.246 e. The van der Waals surface area contributed by atoms with Crippen LogP contribution in [-0.2, 0) is 16.0 Å². The fraction of sp³-hybridized carbons (Fsp3) is 0.579. The van der Waals surface area contributed by atoms with Crippen molar-refractivity contribution >= 4 is 23.6 Å². The second-order valence-corrected chi connectivity index (χ2v) is 8.10. The summed E-state index contributed by atoms with van der Waals surface area (Å²) in [6.07, 6.45) is 4.45. The third-order valence-electron chi connectivity index (χ3n) is 5.60. The van der Waals surface area contributed by atoms with Crippen LogP contribution < -0.4 is 0 Å². The predicted molar refractivity (Wildman–Crippen MR) is 95.9 cm³/mol. The van der Waals surface area contributed by atoms with Gasteiger partial charge >= 0.3 is 0 Å². The zero-order valence-corrected chi connectivity index (χ0v) is 14.8. The number of carbonyl (C=O) groups is 2. The smallest absolute Gasteiger partial charge is 0.246 e. The van der Waals surface area contributed by atoms with E-state index in [1.165, 1.54) is 11.1 Å². The van der Waals surface area contributed by atoms with Crippen molar-refractivity contribution in [1.29, 1.82) is 0 Å². The molecule has 3 aliphatic rings. The Morgan fingerprint density at radius 3 is 2.88 bits per heavy atom. The van der Waals surface area contributed by atoms with Crippen molar-refractivity contribution in [2.75, 3.05) is 24.7 Å². The van der Waals surface area contributed by atoms with Crippen LogP contribution in [0.2, 0.25) is 0 Å². The van der Waals surface area contributed by atoms with E-state index >= 15 is 0 Å². The fourth-order valence-corrected chi connectivity index (χ4v) is 5.26. The van der Waals surface area contributed by atoms with Gasteiger partial charge in [0.2, 0.25) is 11.8 Å². The SMILES string of the molecule is O=C([C@H]1CCCN1C(=O)CC1CCc2ccccc21)N1CCSC1. The highest BCUT2D eigenvalue weighted by molar-refractivity contribution is 7.99. The van der Waals surface area contributed by atoms with Crippen LogP contribution in [-0.4, -0.2) is 52.4 Å². The summed E-state index contributed by atoms with van der Waals surface area (Å²) < 4.78 is 0. The first-order chi connectivity index (χ1) is 11.7. The summed E-state index contributed by atoms with van der Waals surface area (Å²) in [5, 5.41) is 0. The molecule has 4 rings (SSSR count). The van der Waals surface area contributed by atoms with Gasteiger partial charge in [0, 0.05) is 25.3 Å². The number of rotatable bonds is 3. The van der Waals surface area contributed by atoms with E-state index in [1.54, 1.807) is 11.8 Å². The van der Waals surface area contributed by atoms with Gasteiger partial charge in [-0.05, 0) is 42.7 Å². The molecule has 2 aliphatic heterocycles. The van der Waals surface area contributed by atoms with E-state index in [-0.39, 0.29) is 17.9 Å². The molecule has 1 aromatic rings. The van der Waals surface area contributed by atoms with Crippen molar-refractivity contribution in [3.63, 3.8) is 0 Å². The summed E-state index contributed by atoms with van der Waals surface area (Å²) in [6, 6.07) is 8.26. The summed E-state index contributed by atoms with van der Waals surface area (Å²) in [5.41, 5.74) is 2.72. The number of aryl methyl sites for hydroxylation is 1. The van der Waals surface area contributed by atoms with Gasteiger partial charge in [0.05, 0.1) is 5.88 Å². The Morgan fingerprint density at radius 2 is 2.04 bits per heavy atom. The molecule has 0 spiro atoms. The summed E-state index contributed by atoms with van der Waals surface area (Å²) in [4.78, 5) is 29.4. The molecule has 2 amide bonds. The molecule has 1 unspecified atom stereocenters. The van der Waals surface area contributed by atoms with Crippen molar-refractivity contribution < 1.29 is 9.59 Å². The lowest BCUT2D eigenvalue weighted by molar-refractivity contribution is -0.143. The molecule has 5 heteroatoms. The minimum atomic E-state index is -0.215. The number of hydrogen-bond acceptors (Lipinski definition) is 3. The summed E-state index contributed by atoms with van der Waals surface area (Å²) in [6.45, 7) is 1.57. The zero-order valence-electron chi connectivity index (χ0n) is 13.9. The van der Waals surface area contributed by atoms with Crippen LogP contribution in [0.1, 0.15) is 42.7 Å². The Kier molecular flexibility index (Phi) is 4.53. The Morgan fingerprint density at radius 1 is 1.17 bits per heavy atom. The first-order valence-electron chi connectivity index (χ1n) is 8.98. The van der Waals surface area contributed by atoms with Gasteiger partial charge in [0.25, 0.3) is 0 Å². The Bertz CT molecular complexity index is 642. The third kappa shape index (κ3) is 2.94. The van der Waals surface area contributed by atoms with E-state index in [2.05, 4.69) is 24.3 Å². The van der Waals surface area contributed by atoms with Crippen molar-refractivity contribution in [3.8, 4) is 0 Å². The topological polar surface area (TPSA) is 40.6 Å². The molecular formula is C19H24N2O2S. The molecule has 0 bridgehead atoms. The van der Waals surface area contributed by atoms with Gasteiger partial charge in [-0.1, -0.05) is 24.3 Å². The Balaban J connectivity index is 1.43. The number of nitrogens with zero attached hydrogens (tertiary/aromatic N) is 2. The van der Waals surface area contributed by atoms with E-state index in [1.807, 2.05) is 9.80 Å². The number of hydrogen-bond donors (Lipinski definition) is 0. The molecule has 2 saturated heterocycles. The van der Waals surface area contributed by atoms with Gasteiger partial charge in [-0.25, -0.2) is 0 Å². The molecule has 1 aromatic carbocycles. The van der Waals surface area contributed by atoms with Gasteiger partial charge in [-0.3, -0.25) is 9.59 Å². The fourth-order valence-electron chi connectivity index (χ4n) is 4.31. The predicted octanol–water partition coefficient (Wildman–Crippen LogP) is 2.63. The lowest BCUT2D eigenvalue weighted by Gasteiger charge is -2.28. The van der Waals surface area contributed by atoms with Gasteiger partial charge < -0.3 is 9.80 Å². The standard InChI is InChI=1S/C19H24N2O2S/c22-18(12-15-8-7-14-4-1-2-5-16(14)15)21-9-3-6-17(21)19(23)20-10-11-24-13-20/h1-2,4-5,15,17H,3,6-13H2/t15?,17-/m1/s1. The van der Waals surface area contributed by atoms with E-state index in [4.69, 9.17) is 0 Å². The maximum atomic E-state index is 12.9. The molecule has 2 heterocycles. The maximum absolute atomic E-state index is 12.9. The normalized spacial score (nSPS) is 26.0. The molecule has 4 nitrogen and oxygen atoms in total. The van der Waals surface area contributed by atoms with Crippen LogP contribution in [0.15, 0.2) is 24.3 Å². The second kappa shape index (κ2) is 6.79. The highest BCUT2D eigenvalue weighted by Crippen LogP contribution is 2.36. The lowest BCUT2D eigenvalue weighted by atomic mass is 9.97. The Hall–Kier alpha value is -1.49. The number of benzene rings is 1. The van der Waals surface area contributed by atoms with Gasteiger partial charge in [0.15, 0.2) is 0 Å². The van der Waals surface area contributed by atoms with Crippen LogP contribution in [0.3, 0.4) is 0 Å². The van der Waals surface area contributed by atoms with Crippen LogP contribution >= 0.6 is 11.8 Å². The van der Waals surface area contributed by atoms with Crippen molar-refractivity contribution in [1.82, 2.24) is 9.80 Å². The highest BCUT2D eigenvalue weighted by Gasteiger charge is 2.38. The molecule has 128 valence electrons. The molecular weight excluding hydrogens is 320 g/mol. The first kappa shape index (κ1) is 16.0. The number of carbonyl (C=O) groups excluding carboxylic acids is 2. The van der Waals surface area contributed by atoms with Crippen LogP contribution in [0.25, 0.3) is 0 Å². The average Bonchev–Trinajstić information content (AvgIpc) is 3.35. The van der Waals surface area contributed by atoms with Crippen molar-refractivity contribution in [3.05, 3.63) is 35.4 Å². The van der Waals surface area contributed by atoms with Gasteiger partial charge in [-0.15, -0.1) is 11.8 Å². The molecule has 2 atom stereocenters. The van der Waals surface area contributed by atoms with Gasteiger partial charge in [-0.2, -0.15) is 0 Å². The zero-order chi connectivity index (χ0) is 16.5. The van der Waals surface area contributed by atoms with Crippen LogP contribution in [0.4, 0.5) is 0 Å². The minimum absolute atomic E-state index is 0.165. The number of likely N-dealkylation sites (tertiary alicyclic amines) is 1. The Labute approximate surface area is 147 Å². The quantitative estimate of drug-likeness (QED) is 0.846. The average molecular weight is 344 g/mol. The second-order valence-electron chi connectivity index (χ2n) is 7.02. The molecule has 1 aliphatic carbocycles. The highest BCUT2D eigenvalue weighted by atomic mass is 32.2. The number of fused-ring (bicyclic) bond motifs is 1. The summed E-state index contributed by atoms with van der Waals surface area (Å²) in [5.74, 6) is 2.46. The molecule has 2 fully saturated rings.